The molecule has 1 aliphatic carbocycles. The molecular formula is C15H16N2OS. The Morgan fingerprint density at radius 3 is 2.95 bits per heavy atom. The minimum absolute atomic E-state index is 0.840. The molecule has 3 rings (SSSR count). The van der Waals surface area contributed by atoms with Gasteiger partial charge in [0.15, 0.2) is 0 Å². The molecule has 0 saturated heterocycles. The molecule has 0 unspecified atom stereocenters. The molecule has 0 fully saturated rings. The molecule has 3 nitrogen and oxygen atoms in total. The van der Waals surface area contributed by atoms with Crippen molar-refractivity contribution >= 4 is 22.7 Å². The molecule has 0 aliphatic heterocycles. The van der Waals surface area contributed by atoms with Gasteiger partial charge in [0.05, 0.1) is 12.8 Å². The Balaban J connectivity index is 1.84. The van der Waals surface area contributed by atoms with E-state index in [1.807, 2.05) is 30.5 Å². The van der Waals surface area contributed by atoms with E-state index in [1.165, 1.54) is 23.4 Å². The SMILES string of the molecule is COc1ccccc1C=Nc1nc2c(s1)CCCC2. The van der Waals surface area contributed by atoms with Gasteiger partial charge in [-0.3, -0.25) is 0 Å². The van der Waals surface area contributed by atoms with Crippen LogP contribution in [-0.4, -0.2) is 18.3 Å². The highest BCUT2D eigenvalue weighted by molar-refractivity contribution is 7.15. The molecule has 1 aliphatic rings. The van der Waals surface area contributed by atoms with Crippen LogP contribution >= 0.6 is 11.3 Å². The van der Waals surface area contributed by atoms with Gasteiger partial charge in [0.1, 0.15) is 5.75 Å². The van der Waals surface area contributed by atoms with Crippen molar-refractivity contribution in [2.75, 3.05) is 7.11 Å². The number of nitrogens with zero attached hydrogens (tertiary/aromatic N) is 2. The van der Waals surface area contributed by atoms with Crippen LogP contribution in [0.15, 0.2) is 29.3 Å². The van der Waals surface area contributed by atoms with Crippen molar-refractivity contribution in [1.82, 2.24) is 4.98 Å². The summed E-state index contributed by atoms with van der Waals surface area (Å²) in [4.78, 5) is 10.5. The van der Waals surface area contributed by atoms with Gasteiger partial charge >= 0.3 is 0 Å². The van der Waals surface area contributed by atoms with E-state index in [1.54, 1.807) is 18.4 Å². The van der Waals surface area contributed by atoms with Crippen LogP contribution in [0, 0.1) is 0 Å². The molecule has 0 saturated carbocycles. The molecule has 19 heavy (non-hydrogen) atoms. The summed E-state index contributed by atoms with van der Waals surface area (Å²) in [5.41, 5.74) is 2.24. The fourth-order valence-corrected chi connectivity index (χ4v) is 3.28. The van der Waals surface area contributed by atoms with Crippen molar-refractivity contribution in [2.45, 2.75) is 25.7 Å². The third-order valence-electron chi connectivity index (χ3n) is 3.29. The van der Waals surface area contributed by atoms with Crippen LogP contribution in [0.25, 0.3) is 0 Å². The van der Waals surface area contributed by atoms with Gasteiger partial charge in [-0.25, -0.2) is 9.98 Å². The first-order valence-corrected chi connectivity index (χ1v) is 7.34. The summed E-state index contributed by atoms with van der Waals surface area (Å²) >= 11 is 1.72. The lowest BCUT2D eigenvalue weighted by molar-refractivity contribution is 0.414. The molecule has 0 bridgehead atoms. The van der Waals surface area contributed by atoms with E-state index in [2.05, 4.69) is 9.98 Å². The maximum absolute atomic E-state index is 5.31. The monoisotopic (exact) mass is 272 g/mol. The van der Waals surface area contributed by atoms with Crippen LogP contribution in [0.1, 0.15) is 29.0 Å². The van der Waals surface area contributed by atoms with Gasteiger partial charge < -0.3 is 4.74 Å². The number of para-hydroxylation sites is 1. The second-order valence-corrected chi connectivity index (χ2v) is 5.64. The molecular weight excluding hydrogens is 256 g/mol. The van der Waals surface area contributed by atoms with Gasteiger partial charge in [-0.1, -0.05) is 23.5 Å². The average Bonchev–Trinajstić information content (AvgIpc) is 2.88. The molecule has 2 aromatic rings. The summed E-state index contributed by atoms with van der Waals surface area (Å²) in [5, 5.41) is 0.859. The summed E-state index contributed by atoms with van der Waals surface area (Å²) in [7, 11) is 1.68. The Kier molecular flexibility index (Phi) is 3.60. The number of thiazole rings is 1. The van der Waals surface area contributed by atoms with Crippen LogP contribution in [0.5, 0.6) is 5.75 Å². The number of hydrogen-bond acceptors (Lipinski definition) is 4. The number of ether oxygens (including phenoxy) is 1. The van der Waals surface area contributed by atoms with Crippen molar-refractivity contribution in [3.05, 3.63) is 40.4 Å². The fourth-order valence-electron chi connectivity index (χ4n) is 2.29. The lowest BCUT2D eigenvalue weighted by Gasteiger charge is -2.06. The van der Waals surface area contributed by atoms with Crippen molar-refractivity contribution in [3.8, 4) is 5.75 Å². The van der Waals surface area contributed by atoms with Gasteiger partial charge in [-0.15, -0.1) is 0 Å². The Morgan fingerprint density at radius 2 is 2.11 bits per heavy atom. The third kappa shape index (κ3) is 2.68. The van der Waals surface area contributed by atoms with Gasteiger partial charge in [0.2, 0.25) is 5.13 Å². The van der Waals surface area contributed by atoms with Crippen molar-refractivity contribution < 1.29 is 4.74 Å². The number of aryl methyl sites for hydroxylation is 2. The van der Waals surface area contributed by atoms with Gasteiger partial charge in [-0.05, 0) is 37.8 Å². The zero-order chi connectivity index (χ0) is 13.1. The van der Waals surface area contributed by atoms with E-state index in [0.717, 1.165) is 29.3 Å². The van der Waals surface area contributed by atoms with E-state index in [-0.39, 0.29) is 0 Å². The largest absolute Gasteiger partial charge is 0.496 e. The average molecular weight is 272 g/mol. The number of methoxy groups -OCH3 is 1. The molecule has 4 heteroatoms. The Hall–Kier alpha value is -1.68. The summed E-state index contributed by atoms with van der Waals surface area (Å²) in [5.74, 6) is 0.840. The summed E-state index contributed by atoms with van der Waals surface area (Å²) in [6, 6.07) is 7.87. The van der Waals surface area contributed by atoms with E-state index in [9.17, 15) is 0 Å². The number of hydrogen-bond donors (Lipinski definition) is 0. The first-order valence-electron chi connectivity index (χ1n) is 6.52. The van der Waals surface area contributed by atoms with Crippen molar-refractivity contribution in [3.63, 3.8) is 0 Å². The van der Waals surface area contributed by atoms with Crippen LogP contribution in [-0.2, 0) is 12.8 Å². The number of aliphatic imine (C=N–C) groups is 1. The molecule has 0 radical (unpaired) electrons. The van der Waals surface area contributed by atoms with Gasteiger partial charge in [-0.2, -0.15) is 0 Å². The molecule has 0 N–H and O–H groups in total. The first-order chi connectivity index (χ1) is 9.36. The van der Waals surface area contributed by atoms with Crippen molar-refractivity contribution in [2.24, 2.45) is 4.99 Å². The van der Waals surface area contributed by atoms with Gasteiger partial charge in [0.25, 0.3) is 0 Å². The zero-order valence-electron chi connectivity index (χ0n) is 10.9. The smallest absolute Gasteiger partial charge is 0.209 e. The minimum Gasteiger partial charge on any atom is -0.496 e. The quantitative estimate of drug-likeness (QED) is 0.797. The first kappa shape index (κ1) is 12.4. The van der Waals surface area contributed by atoms with Crippen LogP contribution in [0.3, 0.4) is 0 Å². The van der Waals surface area contributed by atoms with Crippen molar-refractivity contribution in [1.29, 1.82) is 0 Å². The van der Waals surface area contributed by atoms with E-state index in [4.69, 9.17) is 4.74 Å². The van der Waals surface area contributed by atoms with E-state index >= 15 is 0 Å². The summed E-state index contributed by atoms with van der Waals surface area (Å²) in [6.07, 6.45) is 6.65. The molecule has 1 aromatic heterocycles. The summed E-state index contributed by atoms with van der Waals surface area (Å²) < 4.78 is 5.31. The number of benzene rings is 1. The number of rotatable bonds is 3. The predicted molar refractivity (Wildman–Crippen MR) is 79.0 cm³/mol. The van der Waals surface area contributed by atoms with Gasteiger partial charge in [0, 0.05) is 16.7 Å². The maximum atomic E-state index is 5.31. The maximum Gasteiger partial charge on any atom is 0.209 e. The highest BCUT2D eigenvalue weighted by Crippen LogP contribution is 2.31. The Bertz CT molecular complexity index is 580. The number of aromatic nitrogens is 1. The normalized spacial score (nSPS) is 14.6. The molecule has 0 atom stereocenters. The molecule has 0 amide bonds. The molecule has 0 spiro atoms. The van der Waals surface area contributed by atoms with Crippen LogP contribution in [0.4, 0.5) is 5.13 Å². The fraction of sp³-hybridized carbons (Fsp3) is 0.333. The topological polar surface area (TPSA) is 34.5 Å². The third-order valence-corrected chi connectivity index (χ3v) is 4.35. The predicted octanol–water partition coefficient (Wildman–Crippen LogP) is 3.78. The molecule has 1 heterocycles. The molecule has 98 valence electrons. The zero-order valence-corrected chi connectivity index (χ0v) is 11.7. The summed E-state index contributed by atoms with van der Waals surface area (Å²) in [6.45, 7) is 0. The minimum atomic E-state index is 0.840. The highest BCUT2D eigenvalue weighted by Gasteiger charge is 2.14. The van der Waals surface area contributed by atoms with Crippen LogP contribution < -0.4 is 4.74 Å². The number of fused-ring (bicyclic) bond motifs is 1. The molecule has 1 aromatic carbocycles. The highest BCUT2D eigenvalue weighted by atomic mass is 32.1. The lowest BCUT2D eigenvalue weighted by Crippen LogP contribution is -1.98. The lowest BCUT2D eigenvalue weighted by atomic mass is 10.0. The second-order valence-electron chi connectivity index (χ2n) is 4.57. The standard InChI is InChI=1S/C15H16N2OS/c1-18-13-8-4-2-6-11(13)10-16-15-17-12-7-3-5-9-14(12)19-15/h2,4,6,8,10H,3,5,7,9H2,1H3. The van der Waals surface area contributed by atoms with E-state index in [0.29, 0.717) is 0 Å². The van der Waals surface area contributed by atoms with Crippen LogP contribution in [0.2, 0.25) is 0 Å². The Morgan fingerprint density at radius 1 is 1.26 bits per heavy atom. The van der Waals surface area contributed by atoms with E-state index < -0.39 is 0 Å². The second kappa shape index (κ2) is 5.53. The Labute approximate surface area is 117 Å².